The Labute approximate surface area is 147 Å². The average molecular weight is 380 g/mol. The van der Waals surface area contributed by atoms with Gasteiger partial charge in [0.15, 0.2) is 6.61 Å². The van der Waals surface area contributed by atoms with E-state index < -0.39 is 5.91 Å². The van der Waals surface area contributed by atoms with Crippen LogP contribution >= 0.6 is 46.4 Å². The van der Waals surface area contributed by atoms with E-state index in [1.807, 2.05) is 0 Å². The predicted molar refractivity (Wildman–Crippen MR) is 91.5 cm³/mol. The summed E-state index contributed by atoms with van der Waals surface area (Å²) in [5, 5.41) is 3.90. The largest absolute Gasteiger partial charge is 0.482 e. The van der Waals surface area contributed by atoms with Gasteiger partial charge in [0.05, 0.1) is 20.8 Å². The molecule has 4 nitrogen and oxygen atoms in total. The lowest BCUT2D eigenvalue weighted by molar-refractivity contribution is -0.118. The van der Waals surface area contributed by atoms with Gasteiger partial charge in [0.1, 0.15) is 5.75 Å². The molecular weight excluding hydrogens is 370 g/mol. The van der Waals surface area contributed by atoms with Gasteiger partial charge in [0.2, 0.25) is 0 Å². The summed E-state index contributed by atoms with van der Waals surface area (Å²) in [5.41, 5.74) is 6.29. The minimum Gasteiger partial charge on any atom is -0.482 e. The van der Waals surface area contributed by atoms with Gasteiger partial charge in [-0.1, -0.05) is 46.4 Å². The van der Waals surface area contributed by atoms with E-state index >= 15 is 0 Å². The summed E-state index contributed by atoms with van der Waals surface area (Å²) in [6.07, 6.45) is 0. The number of anilines is 2. The number of benzene rings is 2. The number of amides is 1. The quantitative estimate of drug-likeness (QED) is 0.742. The van der Waals surface area contributed by atoms with Gasteiger partial charge < -0.3 is 15.8 Å². The van der Waals surface area contributed by atoms with Gasteiger partial charge in [0.25, 0.3) is 5.91 Å². The number of nitrogens with two attached hydrogens (primary N) is 1. The Morgan fingerprint density at radius 3 is 2.27 bits per heavy atom. The summed E-state index contributed by atoms with van der Waals surface area (Å²) >= 11 is 23.5. The maximum Gasteiger partial charge on any atom is 0.262 e. The SMILES string of the molecule is Nc1c(Cl)cc(NC(=O)COc2ccc(Cl)cc2Cl)cc1Cl. The van der Waals surface area contributed by atoms with Crippen LogP contribution in [-0.4, -0.2) is 12.5 Å². The summed E-state index contributed by atoms with van der Waals surface area (Å²) in [7, 11) is 0. The van der Waals surface area contributed by atoms with Crippen LogP contribution < -0.4 is 15.8 Å². The molecule has 22 heavy (non-hydrogen) atoms. The lowest BCUT2D eigenvalue weighted by Gasteiger charge is -2.10. The fourth-order valence-corrected chi connectivity index (χ4v) is 2.54. The van der Waals surface area contributed by atoms with Crippen molar-refractivity contribution in [1.29, 1.82) is 0 Å². The van der Waals surface area contributed by atoms with Crippen LogP contribution in [0.25, 0.3) is 0 Å². The first kappa shape index (κ1) is 17.0. The van der Waals surface area contributed by atoms with Crippen LogP contribution in [0.1, 0.15) is 0 Å². The van der Waals surface area contributed by atoms with E-state index in [1.165, 1.54) is 18.2 Å². The number of hydrogen-bond acceptors (Lipinski definition) is 3. The molecule has 2 aromatic carbocycles. The Hall–Kier alpha value is -1.33. The average Bonchev–Trinajstić information content (AvgIpc) is 2.43. The molecule has 0 aromatic heterocycles. The second-order valence-electron chi connectivity index (χ2n) is 4.27. The molecular formula is C14H10Cl4N2O2. The van der Waals surface area contributed by atoms with Crippen molar-refractivity contribution in [2.75, 3.05) is 17.7 Å². The zero-order valence-corrected chi connectivity index (χ0v) is 14.0. The van der Waals surface area contributed by atoms with Crippen molar-refractivity contribution in [3.05, 3.63) is 50.4 Å². The first-order chi connectivity index (χ1) is 10.4. The number of carbonyl (C=O) groups excluding carboxylic acids is 1. The van der Waals surface area contributed by atoms with Crippen molar-refractivity contribution in [3.8, 4) is 5.75 Å². The number of nitrogens with one attached hydrogen (secondary N) is 1. The molecule has 0 saturated heterocycles. The Balaban J connectivity index is 1.99. The fourth-order valence-electron chi connectivity index (χ4n) is 1.59. The number of ether oxygens (including phenoxy) is 1. The molecule has 0 unspecified atom stereocenters. The molecule has 0 spiro atoms. The van der Waals surface area contributed by atoms with Crippen molar-refractivity contribution in [1.82, 2.24) is 0 Å². The highest BCUT2D eigenvalue weighted by atomic mass is 35.5. The third kappa shape index (κ3) is 4.34. The van der Waals surface area contributed by atoms with Crippen LogP contribution in [0.3, 0.4) is 0 Å². The molecule has 3 N–H and O–H groups in total. The summed E-state index contributed by atoms with van der Waals surface area (Å²) in [6.45, 7) is -0.235. The van der Waals surface area contributed by atoms with Crippen molar-refractivity contribution in [2.45, 2.75) is 0 Å². The van der Waals surface area contributed by atoms with Crippen LogP contribution in [0.15, 0.2) is 30.3 Å². The zero-order valence-electron chi connectivity index (χ0n) is 11.0. The van der Waals surface area contributed by atoms with Crippen molar-refractivity contribution >= 4 is 63.7 Å². The highest BCUT2D eigenvalue weighted by Crippen LogP contribution is 2.31. The molecule has 0 aliphatic rings. The molecule has 0 heterocycles. The van der Waals surface area contributed by atoms with Crippen molar-refractivity contribution in [2.24, 2.45) is 0 Å². The van der Waals surface area contributed by atoms with Crippen LogP contribution in [-0.2, 0) is 4.79 Å². The van der Waals surface area contributed by atoms with E-state index in [9.17, 15) is 4.79 Å². The van der Waals surface area contributed by atoms with E-state index in [4.69, 9.17) is 56.9 Å². The number of hydrogen-bond donors (Lipinski definition) is 2. The maximum atomic E-state index is 11.8. The summed E-state index contributed by atoms with van der Waals surface area (Å²) < 4.78 is 5.32. The Bertz CT molecular complexity index is 699. The molecule has 2 rings (SSSR count). The predicted octanol–water partition coefficient (Wildman–Crippen LogP) is 4.90. The van der Waals surface area contributed by atoms with Gasteiger partial charge in [-0.3, -0.25) is 4.79 Å². The van der Waals surface area contributed by atoms with Crippen molar-refractivity contribution in [3.63, 3.8) is 0 Å². The lowest BCUT2D eigenvalue weighted by Crippen LogP contribution is -2.20. The molecule has 0 radical (unpaired) electrons. The van der Waals surface area contributed by atoms with Crippen molar-refractivity contribution < 1.29 is 9.53 Å². The standard InChI is InChI=1S/C14H10Cl4N2O2/c15-7-1-2-12(9(16)3-7)22-6-13(21)20-8-4-10(17)14(19)11(18)5-8/h1-5H,6,19H2,(H,20,21). The number of halogens is 4. The van der Waals surface area contributed by atoms with Crippen LogP contribution in [0.4, 0.5) is 11.4 Å². The first-order valence-electron chi connectivity index (χ1n) is 5.99. The van der Waals surface area contributed by atoms with Gasteiger partial charge in [-0.05, 0) is 30.3 Å². The molecule has 0 aliphatic heterocycles. The van der Waals surface area contributed by atoms with Gasteiger partial charge in [-0.25, -0.2) is 0 Å². The summed E-state index contributed by atoms with van der Waals surface area (Å²) in [6, 6.07) is 7.71. The van der Waals surface area contributed by atoms with Gasteiger partial charge in [-0.15, -0.1) is 0 Å². The van der Waals surface area contributed by atoms with Gasteiger partial charge >= 0.3 is 0 Å². The monoisotopic (exact) mass is 378 g/mol. The van der Waals surface area contributed by atoms with E-state index in [0.29, 0.717) is 21.5 Å². The van der Waals surface area contributed by atoms with Crippen LogP contribution in [0.5, 0.6) is 5.75 Å². The molecule has 2 aromatic rings. The molecule has 0 saturated carbocycles. The molecule has 116 valence electrons. The minimum atomic E-state index is -0.400. The Kier molecular flexibility index (Phi) is 5.64. The molecule has 0 aliphatic carbocycles. The molecule has 0 atom stereocenters. The van der Waals surface area contributed by atoms with E-state index in [-0.39, 0.29) is 22.3 Å². The first-order valence-corrected chi connectivity index (χ1v) is 7.50. The summed E-state index contributed by atoms with van der Waals surface area (Å²) in [4.78, 5) is 11.8. The van der Waals surface area contributed by atoms with Gasteiger partial charge in [-0.2, -0.15) is 0 Å². The molecule has 8 heteroatoms. The topological polar surface area (TPSA) is 64.3 Å². The fraction of sp³-hybridized carbons (Fsp3) is 0.0714. The second kappa shape index (κ2) is 7.29. The second-order valence-corrected chi connectivity index (χ2v) is 5.92. The third-order valence-corrected chi connectivity index (χ3v) is 3.77. The van der Waals surface area contributed by atoms with Crippen LogP contribution in [0, 0.1) is 0 Å². The Morgan fingerprint density at radius 2 is 1.68 bits per heavy atom. The smallest absolute Gasteiger partial charge is 0.262 e. The molecule has 0 fully saturated rings. The number of rotatable bonds is 4. The highest BCUT2D eigenvalue weighted by Gasteiger charge is 2.10. The van der Waals surface area contributed by atoms with E-state index in [2.05, 4.69) is 5.32 Å². The van der Waals surface area contributed by atoms with Crippen LogP contribution in [0.2, 0.25) is 20.1 Å². The lowest BCUT2D eigenvalue weighted by atomic mass is 10.3. The van der Waals surface area contributed by atoms with E-state index in [1.54, 1.807) is 12.1 Å². The molecule has 1 amide bonds. The number of carbonyl (C=O) groups is 1. The van der Waals surface area contributed by atoms with Gasteiger partial charge in [0, 0.05) is 10.7 Å². The zero-order chi connectivity index (χ0) is 16.3. The molecule has 0 bridgehead atoms. The van der Waals surface area contributed by atoms with E-state index in [0.717, 1.165) is 0 Å². The number of nitrogen functional groups attached to an aromatic ring is 1. The summed E-state index contributed by atoms with van der Waals surface area (Å²) in [5.74, 6) is -0.0440. The third-order valence-electron chi connectivity index (χ3n) is 2.62. The minimum absolute atomic E-state index is 0.235. The normalized spacial score (nSPS) is 10.4. The maximum absolute atomic E-state index is 11.8. The highest BCUT2D eigenvalue weighted by molar-refractivity contribution is 6.39. The Morgan fingerprint density at radius 1 is 1.05 bits per heavy atom.